The maximum Gasteiger partial charge on any atom is 0.355 e. The van der Waals surface area contributed by atoms with Gasteiger partial charge < -0.3 is 14.8 Å². The van der Waals surface area contributed by atoms with E-state index in [1.165, 1.54) is 7.11 Å². The van der Waals surface area contributed by atoms with Crippen molar-refractivity contribution in [2.24, 2.45) is 9.98 Å². The molecule has 0 fully saturated rings. The molecule has 0 aliphatic carbocycles. The molecule has 0 saturated heterocycles. The molecule has 1 aliphatic heterocycles. The van der Waals surface area contributed by atoms with Crippen molar-refractivity contribution >= 4 is 12.4 Å². The molecule has 1 rings (SSSR count). The van der Waals surface area contributed by atoms with Crippen molar-refractivity contribution in [2.45, 2.75) is 13.2 Å². The normalized spacial score (nSPS) is 19.8. The monoisotopic (exact) mass is 174 g/mol. The maximum atomic E-state index is 12.4. The van der Waals surface area contributed by atoms with E-state index in [1.807, 2.05) is 0 Å². The fourth-order valence-corrected chi connectivity index (χ4v) is 0.539. The van der Waals surface area contributed by atoms with E-state index < -0.39 is 12.7 Å². The van der Waals surface area contributed by atoms with Gasteiger partial charge in [0.1, 0.15) is 0 Å². The average Bonchev–Trinajstić information content (AvgIpc) is 2.04. The number of nitrogens with one attached hydrogen (secondary N) is 1. The molecule has 1 radical (unpaired) electrons. The zero-order valence-electron chi connectivity index (χ0n) is 6.74. The lowest BCUT2D eigenvalue weighted by Crippen LogP contribution is -2.24. The number of methoxy groups -OCH3 is 1. The first-order chi connectivity index (χ1) is 5.72. The molecule has 0 bridgehead atoms. The minimum absolute atomic E-state index is 0.0550. The molecule has 67 valence electrons. The Labute approximate surface area is 69.3 Å². The van der Waals surface area contributed by atoms with Crippen LogP contribution in [-0.2, 0) is 9.47 Å². The molecular weight excluding hydrogens is 165 g/mol. The Morgan fingerprint density at radius 1 is 1.67 bits per heavy atom. The minimum atomic E-state index is -0.747. The highest BCUT2D eigenvalue weighted by Gasteiger charge is 2.13. The SMILES string of the molecule is COC(C)OC1=N[C](F)NC=N1. The molecule has 5 nitrogen and oxygen atoms in total. The van der Waals surface area contributed by atoms with Crippen LogP contribution >= 0.6 is 0 Å². The summed E-state index contributed by atoms with van der Waals surface area (Å²) in [6.07, 6.45) is -0.0878. The Morgan fingerprint density at radius 3 is 3.00 bits per heavy atom. The lowest BCUT2D eigenvalue weighted by Gasteiger charge is -2.13. The van der Waals surface area contributed by atoms with Crippen LogP contribution in [0.2, 0.25) is 0 Å². The predicted octanol–water partition coefficient (Wildman–Crippen LogP) is 0.399. The van der Waals surface area contributed by atoms with E-state index in [4.69, 9.17) is 9.47 Å². The van der Waals surface area contributed by atoms with Gasteiger partial charge in [-0.05, 0) is 6.92 Å². The Balaban J connectivity index is 2.46. The summed E-state index contributed by atoms with van der Waals surface area (Å²) in [7, 11) is 1.47. The molecule has 1 N–H and O–H groups in total. The Bertz CT molecular complexity index is 207. The molecule has 12 heavy (non-hydrogen) atoms. The van der Waals surface area contributed by atoms with Crippen molar-refractivity contribution in [3.63, 3.8) is 0 Å². The van der Waals surface area contributed by atoms with Gasteiger partial charge in [0, 0.05) is 7.11 Å². The van der Waals surface area contributed by atoms with Gasteiger partial charge in [0.2, 0.25) is 0 Å². The number of ether oxygens (including phenoxy) is 2. The number of aliphatic imine (C=N–C) groups is 2. The van der Waals surface area contributed by atoms with E-state index in [2.05, 4.69) is 15.3 Å². The van der Waals surface area contributed by atoms with Gasteiger partial charge in [-0.2, -0.15) is 14.4 Å². The Morgan fingerprint density at radius 2 is 2.42 bits per heavy atom. The molecule has 0 aromatic heterocycles. The maximum absolute atomic E-state index is 12.4. The van der Waals surface area contributed by atoms with E-state index in [-0.39, 0.29) is 6.02 Å². The predicted molar refractivity (Wildman–Crippen MR) is 41.0 cm³/mol. The summed E-state index contributed by atoms with van der Waals surface area (Å²) in [6, 6.07) is -0.0550. The standard InChI is InChI=1S/C6H9FN3O2/c1-4(11-2)12-6-9-3-8-5(7)10-6/h3-4H,1-2H3,(H,8,9,10). The zero-order chi connectivity index (χ0) is 8.97. The number of rotatable bonds is 2. The molecule has 0 spiro atoms. The highest BCUT2D eigenvalue weighted by molar-refractivity contribution is 5.85. The van der Waals surface area contributed by atoms with E-state index in [9.17, 15) is 4.39 Å². The molecule has 0 aromatic rings. The zero-order valence-corrected chi connectivity index (χ0v) is 6.74. The lowest BCUT2D eigenvalue weighted by atomic mass is 10.7. The van der Waals surface area contributed by atoms with E-state index in [0.29, 0.717) is 0 Å². The summed E-state index contributed by atoms with van der Waals surface area (Å²) in [5, 5.41) is 2.15. The number of hydrogen-bond donors (Lipinski definition) is 1. The van der Waals surface area contributed by atoms with Gasteiger partial charge in [-0.3, -0.25) is 0 Å². The van der Waals surface area contributed by atoms with Crippen LogP contribution in [0, 0.1) is 6.42 Å². The second-order valence-electron chi connectivity index (χ2n) is 2.01. The number of hydrogen-bond acceptors (Lipinski definition) is 5. The fraction of sp³-hybridized carbons (Fsp3) is 0.500. The third kappa shape index (κ3) is 2.46. The van der Waals surface area contributed by atoms with Crippen molar-refractivity contribution in [3.8, 4) is 0 Å². The highest BCUT2D eigenvalue weighted by atomic mass is 19.1. The van der Waals surface area contributed by atoms with Gasteiger partial charge in [0.05, 0.1) is 6.34 Å². The third-order valence-electron chi connectivity index (χ3n) is 1.16. The second kappa shape index (κ2) is 4.01. The molecule has 0 amide bonds. The smallest absolute Gasteiger partial charge is 0.355 e. The molecule has 0 saturated carbocycles. The van der Waals surface area contributed by atoms with Crippen LogP contribution in [0.25, 0.3) is 0 Å². The lowest BCUT2D eigenvalue weighted by molar-refractivity contribution is -0.0487. The summed E-state index contributed by atoms with van der Waals surface area (Å²) >= 11 is 0. The van der Waals surface area contributed by atoms with E-state index in [1.54, 1.807) is 6.92 Å². The fourth-order valence-electron chi connectivity index (χ4n) is 0.539. The van der Waals surface area contributed by atoms with Crippen LogP contribution in [-0.4, -0.2) is 25.8 Å². The van der Waals surface area contributed by atoms with Crippen LogP contribution in [0.3, 0.4) is 0 Å². The van der Waals surface area contributed by atoms with Crippen molar-refractivity contribution in [1.29, 1.82) is 0 Å². The van der Waals surface area contributed by atoms with Crippen molar-refractivity contribution in [3.05, 3.63) is 6.42 Å². The quantitative estimate of drug-likeness (QED) is 0.487. The first-order valence-electron chi connectivity index (χ1n) is 3.32. The van der Waals surface area contributed by atoms with Crippen LogP contribution in [0.15, 0.2) is 9.98 Å². The number of nitrogens with zero attached hydrogens (tertiary/aromatic N) is 2. The van der Waals surface area contributed by atoms with Crippen LogP contribution in [0.5, 0.6) is 0 Å². The molecule has 0 aromatic carbocycles. The topological polar surface area (TPSA) is 55.2 Å². The van der Waals surface area contributed by atoms with E-state index >= 15 is 0 Å². The summed E-state index contributed by atoms with van der Waals surface area (Å²) in [6.45, 7) is 1.65. The number of amidine groups is 1. The van der Waals surface area contributed by atoms with Gasteiger partial charge >= 0.3 is 12.4 Å². The van der Waals surface area contributed by atoms with Gasteiger partial charge in [0.15, 0.2) is 6.29 Å². The molecule has 6 heteroatoms. The number of halogens is 1. The van der Waals surface area contributed by atoms with Gasteiger partial charge in [-0.1, -0.05) is 0 Å². The van der Waals surface area contributed by atoms with Crippen molar-refractivity contribution < 1.29 is 13.9 Å². The summed E-state index contributed by atoms with van der Waals surface area (Å²) in [4.78, 5) is 6.94. The molecule has 1 heterocycles. The largest absolute Gasteiger partial charge is 0.434 e. The van der Waals surface area contributed by atoms with Crippen LogP contribution in [0.1, 0.15) is 6.92 Å². The van der Waals surface area contributed by atoms with Crippen molar-refractivity contribution in [2.75, 3.05) is 7.11 Å². The Kier molecular flexibility index (Phi) is 2.98. The van der Waals surface area contributed by atoms with Gasteiger partial charge in [0.25, 0.3) is 0 Å². The van der Waals surface area contributed by atoms with Crippen molar-refractivity contribution in [1.82, 2.24) is 5.32 Å². The summed E-state index contributed by atoms with van der Waals surface area (Å²) in [5.41, 5.74) is 0. The summed E-state index contributed by atoms with van der Waals surface area (Å²) in [5.74, 6) is 0. The second-order valence-corrected chi connectivity index (χ2v) is 2.01. The molecule has 1 aliphatic rings. The van der Waals surface area contributed by atoms with Crippen LogP contribution < -0.4 is 5.32 Å². The van der Waals surface area contributed by atoms with E-state index in [0.717, 1.165) is 6.34 Å². The van der Waals surface area contributed by atoms with Gasteiger partial charge in [-0.15, -0.1) is 0 Å². The highest BCUT2D eigenvalue weighted by Crippen LogP contribution is 2.05. The first kappa shape index (κ1) is 8.92. The molecule has 1 unspecified atom stereocenters. The minimum Gasteiger partial charge on any atom is -0.434 e. The Hall–Kier alpha value is -1.17. The van der Waals surface area contributed by atoms with Crippen LogP contribution in [0.4, 0.5) is 4.39 Å². The average molecular weight is 174 g/mol. The third-order valence-corrected chi connectivity index (χ3v) is 1.16. The van der Waals surface area contributed by atoms with Gasteiger partial charge in [-0.25, -0.2) is 0 Å². The molecular formula is C6H9FN3O2. The summed E-state index contributed by atoms with van der Waals surface area (Å²) < 4.78 is 22.1. The first-order valence-corrected chi connectivity index (χ1v) is 3.32. The molecule has 1 atom stereocenters.